The summed E-state index contributed by atoms with van der Waals surface area (Å²) < 4.78 is 6.19. The molecule has 0 unspecified atom stereocenters. The average Bonchev–Trinajstić information content (AvgIpc) is 2.53. The fourth-order valence-corrected chi connectivity index (χ4v) is 2.89. The van der Waals surface area contributed by atoms with Crippen molar-refractivity contribution in [3.8, 4) is 5.75 Å². The lowest BCUT2D eigenvalue weighted by molar-refractivity contribution is 0.420. The van der Waals surface area contributed by atoms with Crippen LogP contribution in [0.15, 0.2) is 17.5 Å². The highest BCUT2D eigenvalue weighted by atomic mass is 35.5. The van der Waals surface area contributed by atoms with Crippen LogP contribution in [0.2, 0.25) is 10.0 Å². The second-order valence-electron chi connectivity index (χ2n) is 2.54. The van der Waals surface area contributed by atoms with Crippen molar-refractivity contribution in [3.05, 3.63) is 27.6 Å². The van der Waals surface area contributed by atoms with E-state index >= 15 is 0 Å². The number of hydrogen-bond acceptors (Lipinski definition) is 2. The molecular formula is C9H6Cl2OS. The number of ether oxygens (including phenoxy) is 1. The van der Waals surface area contributed by atoms with Crippen LogP contribution in [0, 0.1) is 0 Å². The van der Waals surface area contributed by atoms with Crippen LogP contribution in [0.4, 0.5) is 0 Å². The van der Waals surface area contributed by atoms with Gasteiger partial charge in [0.1, 0.15) is 0 Å². The number of methoxy groups -OCH3 is 1. The molecule has 0 atom stereocenters. The largest absolute Gasteiger partial charge is 0.494 e. The van der Waals surface area contributed by atoms with Crippen LogP contribution in [0.25, 0.3) is 10.1 Å². The molecule has 0 saturated heterocycles. The Morgan fingerprint density at radius 3 is 2.77 bits per heavy atom. The van der Waals surface area contributed by atoms with Gasteiger partial charge < -0.3 is 4.74 Å². The lowest BCUT2D eigenvalue weighted by atomic mass is 10.2. The lowest BCUT2D eigenvalue weighted by Crippen LogP contribution is -1.84. The maximum absolute atomic E-state index is 6.00. The monoisotopic (exact) mass is 232 g/mol. The van der Waals surface area contributed by atoms with Crippen LogP contribution in [0.5, 0.6) is 5.75 Å². The van der Waals surface area contributed by atoms with Crippen LogP contribution in [0.1, 0.15) is 0 Å². The third kappa shape index (κ3) is 1.39. The number of fused-ring (bicyclic) bond motifs is 1. The Balaban J connectivity index is 2.88. The molecule has 0 spiro atoms. The van der Waals surface area contributed by atoms with Gasteiger partial charge >= 0.3 is 0 Å². The molecule has 0 N–H and O–H groups in total. The first-order valence-electron chi connectivity index (χ1n) is 3.63. The van der Waals surface area contributed by atoms with Crippen LogP contribution in [-0.4, -0.2) is 7.11 Å². The van der Waals surface area contributed by atoms with Gasteiger partial charge in [0.05, 0.1) is 21.9 Å². The Bertz CT molecular complexity index is 450. The van der Waals surface area contributed by atoms with Crippen LogP contribution in [0.3, 0.4) is 0 Å². The van der Waals surface area contributed by atoms with E-state index in [-0.39, 0.29) is 0 Å². The van der Waals surface area contributed by atoms with E-state index < -0.39 is 0 Å². The quantitative estimate of drug-likeness (QED) is 0.716. The molecule has 0 radical (unpaired) electrons. The fourth-order valence-electron chi connectivity index (χ4n) is 1.23. The van der Waals surface area contributed by atoms with Crippen molar-refractivity contribution in [1.82, 2.24) is 0 Å². The molecule has 1 nitrogen and oxygen atoms in total. The molecule has 2 rings (SSSR count). The van der Waals surface area contributed by atoms with Crippen molar-refractivity contribution < 1.29 is 4.74 Å². The van der Waals surface area contributed by atoms with Crippen molar-refractivity contribution in [2.45, 2.75) is 0 Å². The van der Waals surface area contributed by atoms with E-state index in [0.717, 1.165) is 10.1 Å². The normalized spacial score (nSPS) is 10.7. The van der Waals surface area contributed by atoms with Crippen molar-refractivity contribution in [1.29, 1.82) is 0 Å². The van der Waals surface area contributed by atoms with Gasteiger partial charge in [-0.3, -0.25) is 0 Å². The summed E-state index contributed by atoms with van der Waals surface area (Å²) in [6.45, 7) is 0. The Hall–Kier alpha value is -0.440. The molecule has 68 valence electrons. The predicted molar refractivity (Wildman–Crippen MR) is 58.4 cm³/mol. The van der Waals surface area contributed by atoms with E-state index in [9.17, 15) is 0 Å². The number of benzene rings is 1. The Morgan fingerprint density at radius 1 is 1.31 bits per heavy atom. The summed E-state index contributed by atoms with van der Waals surface area (Å²) >= 11 is 13.5. The SMILES string of the molecule is COc1c(Cl)cc(Cl)c2ccsc12. The van der Waals surface area contributed by atoms with Gasteiger partial charge in [-0.25, -0.2) is 0 Å². The zero-order valence-corrected chi connectivity index (χ0v) is 9.13. The van der Waals surface area contributed by atoms with Gasteiger partial charge in [0.15, 0.2) is 5.75 Å². The fraction of sp³-hybridized carbons (Fsp3) is 0.111. The maximum atomic E-state index is 6.00. The summed E-state index contributed by atoms with van der Waals surface area (Å²) in [6, 6.07) is 3.66. The third-order valence-corrected chi connectivity index (χ3v) is 3.31. The molecule has 0 bridgehead atoms. The zero-order chi connectivity index (χ0) is 9.42. The number of halogens is 2. The number of rotatable bonds is 1. The van der Waals surface area contributed by atoms with Crippen molar-refractivity contribution >= 4 is 44.6 Å². The van der Waals surface area contributed by atoms with E-state index in [0.29, 0.717) is 15.8 Å². The lowest BCUT2D eigenvalue weighted by Gasteiger charge is -2.04. The van der Waals surface area contributed by atoms with Gasteiger partial charge in [0.2, 0.25) is 0 Å². The zero-order valence-electron chi connectivity index (χ0n) is 6.80. The topological polar surface area (TPSA) is 9.23 Å². The second-order valence-corrected chi connectivity index (χ2v) is 4.27. The molecule has 0 aliphatic carbocycles. The smallest absolute Gasteiger partial charge is 0.155 e. The van der Waals surface area contributed by atoms with Gasteiger partial charge in [0.25, 0.3) is 0 Å². The highest BCUT2D eigenvalue weighted by molar-refractivity contribution is 7.17. The Labute approximate surface area is 89.8 Å². The summed E-state index contributed by atoms with van der Waals surface area (Å²) in [5, 5.41) is 4.19. The molecule has 1 heterocycles. The maximum Gasteiger partial charge on any atom is 0.155 e. The highest BCUT2D eigenvalue weighted by Crippen LogP contribution is 2.40. The molecule has 0 fully saturated rings. The minimum Gasteiger partial charge on any atom is -0.494 e. The molecule has 1 aromatic carbocycles. The molecule has 0 aliphatic rings. The summed E-state index contributed by atoms with van der Waals surface area (Å²) in [6.07, 6.45) is 0. The van der Waals surface area contributed by atoms with Crippen molar-refractivity contribution in [2.24, 2.45) is 0 Å². The summed E-state index contributed by atoms with van der Waals surface area (Å²) in [5.41, 5.74) is 0. The van der Waals surface area contributed by atoms with Gasteiger partial charge in [-0.1, -0.05) is 23.2 Å². The average molecular weight is 233 g/mol. The highest BCUT2D eigenvalue weighted by Gasteiger charge is 2.10. The van der Waals surface area contributed by atoms with Crippen LogP contribution < -0.4 is 4.74 Å². The van der Waals surface area contributed by atoms with Gasteiger partial charge in [0, 0.05) is 5.39 Å². The molecule has 2 aromatic rings. The van der Waals surface area contributed by atoms with Gasteiger partial charge in [-0.05, 0) is 17.5 Å². The Kier molecular flexibility index (Phi) is 2.37. The summed E-state index contributed by atoms with van der Waals surface area (Å²) in [4.78, 5) is 0. The standard InChI is InChI=1S/C9H6Cl2OS/c1-12-8-7(11)4-6(10)5-2-3-13-9(5)8/h2-4H,1H3. The summed E-state index contributed by atoms with van der Waals surface area (Å²) in [7, 11) is 1.61. The minimum absolute atomic E-state index is 0.558. The molecule has 1 aromatic heterocycles. The minimum atomic E-state index is 0.558. The summed E-state index contributed by atoms with van der Waals surface area (Å²) in [5.74, 6) is 0.705. The molecule has 4 heteroatoms. The molecule has 0 saturated carbocycles. The number of hydrogen-bond donors (Lipinski definition) is 0. The predicted octanol–water partition coefficient (Wildman–Crippen LogP) is 4.22. The third-order valence-electron chi connectivity index (χ3n) is 1.80. The van der Waals surface area contributed by atoms with E-state index in [2.05, 4.69) is 0 Å². The van der Waals surface area contributed by atoms with Gasteiger partial charge in [-0.15, -0.1) is 11.3 Å². The van der Waals surface area contributed by atoms with E-state index in [1.54, 1.807) is 24.5 Å². The molecule has 0 aliphatic heterocycles. The van der Waals surface area contributed by atoms with Crippen LogP contribution in [-0.2, 0) is 0 Å². The molecule has 13 heavy (non-hydrogen) atoms. The van der Waals surface area contributed by atoms with Gasteiger partial charge in [-0.2, -0.15) is 0 Å². The van der Waals surface area contributed by atoms with E-state index in [1.165, 1.54) is 0 Å². The first kappa shape index (κ1) is 9.13. The van der Waals surface area contributed by atoms with Crippen LogP contribution >= 0.6 is 34.5 Å². The molecular weight excluding hydrogens is 227 g/mol. The Morgan fingerprint density at radius 2 is 2.08 bits per heavy atom. The van der Waals surface area contributed by atoms with Crippen molar-refractivity contribution in [3.63, 3.8) is 0 Å². The van der Waals surface area contributed by atoms with E-state index in [4.69, 9.17) is 27.9 Å². The van der Waals surface area contributed by atoms with Crippen molar-refractivity contribution in [2.75, 3.05) is 7.11 Å². The first-order chi connectivity index (χ1) is 6.24. The second kappa shape index (κ2) is 3.37. The van der Waals surface area contributed by atoms with E-state index in [1.807, 2.05) is 11.4 Å². The number of thiophene rings is 1. The first-order valence-corrected chi connectivity index (χ1v) is 5.27. The molecule has 0 amide bonds.